The summed E-state index contributed by atoms with van der Waals surface area (Å²) in [5, 5.41) is 14.1. The molecule has 1 fully saturated rings. The van der Waals surface area contributed by atoms with Gasteiger partial charge in [-0.2, -0.15) is 0 Å². The van der Waals surface area contributed by atoms with Crippen molar-refractivity contribution >= 4 is 17.3 Å². The van der Waals surface area contributed by atoms with Crippen LogP contribution in [0.3, 0.4) is 0 Å². The fraction of sp³-hybridized carbons (Fsp3) is 0.500. The zero-order chi connectivity index (χ0) is 15.4. The number of para-hydroxylation sites is 1. The van der Waals surface area contributed by atoms with Gasteiger partial charge in [0.25, 0.3) is 11.6 Å². The number of carbonyl (C=O) groups is 1. The standard InChI is InChI=1S/C14H19N3O4/c1-3-15-13-11(5-4-6-12(13)17(19)20)14(18)16-7-8-21-9-10(16)2/h4-6,10,15H,3,7-9H2,1-2H3. The van der Waals surface area contributed by atoms with Crippen LogP contribution in [-0.4, -0.2) is 48.1 Å². The molecule has 2 rings (SSSR count). The molecule has 1 atom stereocenters. The Morgan fingerprint density at radius 2 is 2.33 bits per heavy atom. The number of anilines is 1. The van der Waals surface area contributed by atoms with Crippen LogP contribution in [0, 0.1) is 10.1 Å². The largest absolute Gasteiger partial charge is 0.379 e. The summed E-state index contributed by atoms with van der Waals surface area (Å²) in [6, 6.07) is 4.52. The molecule has 1 N–H and O–H groups in total. The third kappa shape index (κ3) is 3.13. The van der Waals surface area contributed by atoms with Crippen LogP contribution in [-0.2, 0) is 4.74 Å². The maximum absolute atomic E-state index is 12.7. The Labute approximate surface area is 123 Å². The predicted molar refractivity (Wildman–Crippen MR) is 78.6 cm³/mol. The highest BCUT2D eigenvalue weighted by molar-refractivity contribution is 6.01. The number of rotatable bonds is 4. The van der Waals surface area contributed by atoms with Crippen molar-refractivity contribution in [1.82, 2.24) is 4.90 Å². The summed E-state index contributed by atoms with van der Waals surface area (Å²) in [6.07, 6.45) is 0. The second kappa shape index (κ2) is 6.53. The van der Waals surface area contributed by atoms with Crippen molar-refractivity contribution in [3.63, 3.8) is 0 Å². The third-order valence-corrected chi connectivity index (χ3v) is 3.45. The van der Waals surface area contributed by atoms with E-state index in [1.807, 2.05) is 13.8 Å². The lowest BCUT2D eigenvalue weighted by atomic mass is 10.1. The van der Waals surface area contributed by atoms with Crippen LogP contribution in [0.4, 0.5) is 11.4 Å². The summed E-state index contributed by atoms with van der Waals surface area (Å²) in [6.45, 7) is 5.71. The number of hydrogen-bond donors (Lipinski definition) is 1. The van der Waals surface area contributed by atoms with Gasteiger partial charge >= 0.3 is 0 Å². The third-order valence-electron chi connectivity index (χ3n) is 3.45. The first-order chi connectivity index (χ1) is 10.1. The second-order valence-electron chi connectivity index (χ2n) is 4.91. The van der Waals surface area contributed by atoms with E-state index in [9.17, 15) is 14.9 Å². The highest BCUT2D eigenvalue weighted by Crippen LogP contribution is 2.29. The van der Waals surface area contributed by atoms with Crippen molar-refractivity contribution in [3.05, 3.63) is 33.9 Å². The maximum Gasteiger partial charge on any atom is 0.293 e. The van der Waals surface area contributed by atoms with Gasteiger partial charge in [0.05, 0.1) is 29.7 Å². The van der Waals surface area contributed by atoms with E-state index < -0.39 is 4.92 Å². The first-order valence-corrected chi connectivity index (χ1v) is 6.96. The van der Waals surface area contributed by atoms with Gasteiger partial charge in [-0.15, -0.1) is 0 Å². The summed E-state index contributed by atoms with van der Waals surface area (Å²) in [4.78, 5) is 25.0. The van der Waals surface area contributed by atoms with Gasteiger partial charge in [-0.05, 0) is 19.9 Å². The molecule has 1 aromatic carbocycles. The average Bonchev–Trinajstić information content (AvgIpc) is 2.47. The van der Waals surface area contributed by atoms with E-state index in [0.29, 0.717) is 31.9 Å². The van der Waals surface area contributed by atoms with Crippen LogP contribution in [0.25, 0.3) is 0 Å². The molecule has 7 nitrogen and oxygen atoms in total. The molecule has 1 aliphatic rings. The fourth-order valence-corrected chi connectivity index (χ4v) is 2.42. The molecule has 1 aromatic rings. The molecule has 1 amide bonds. The number of nitro groups is 1. The fourth-order valence-electron chi connectivity index (χ4n) is 2.42. The van der Waals surface area contributed by atoms with Gasteiger partial charge in [0.2, 0.25) is 0 Å². The van der Waals surface area contributed by atoms with Crippen LogP contribution < -0.4 is 5.32 Å². The number of nitro benzene ring substituents is 1. The minimum absolute atomic E-state index is 0.0417. The van der Waals surface area contributed by atoms with Gasteiger partial charge in [-0.3, -0.25) is 14.9 Å². The first-order valence-electron chi connectivity index (χ1n) is 6.96. The van der Waals surface area contributed by atoms with Crippen LogP contribution in [0.2, 0.25) is 0 Å². The lowest BCUT2D eigenvalue weighted by molar-refractivity contribution is -0.384. The van der Waals surface area contributed by atoms with Gasteiger partial charge in [0, 0.05) is 19.2 Å². The topological polar surface area (TPSA) is 84.7 Å². The summed E-state index contributed by atoms with van der Waals surface area (Å²) < 4.78 is 5.32. The predicted octanol–water partition coefficient (Wildman–Crippen LogP) is 1.89. The van der Waals surface area contributed by atoms with E-state index in [4.69, 9.17) is 4.74 Å². The Balaban J connectivity index is 2.39. The molecule has 114 valence electrons. The van der Waals surface area contributed by atoms with Gasteiger partial charge < -0.3 is 15.0 Å². The van der Waals surface area contributed by atoms with Gasteiger partial charge in [-0.25, -0.2) is 0 Å². The number of amides is 1. The van der Waals surface area contributed by atoms with Crippen molar-refractivity contribution in [1.29, 1.82) is 0 Å². The Kier molecular flexibility index (Phi) is 4.74. The molecule has 1 saturated heterocycles. The smallest absolute Gasteiger partial charge is 0.293 e. The summed E-state index contributed by atoms with van der Waals surface area (Å²) in [7, 11) is 0. The molecular weight excluding hydrogens is 274 g/mol. The molecule has 0 radical (unpaired) electrons. The van der Waals surface area contributed by atoms with E-state index in [1.54, 1.807) is 11.0 Å². The number of nitrogens with one attached hydrogen (secondary N) is 1. The Morgan fingerprint density at radius 3 is 2.95 bits per heavy atom. The van der Waals surface area contributed by atoms with Crippen molar-refractivity contribution < 1.29 is 14.5 Å². The van der Waals surface area contributed by atoms with Crippen LogP contribution in [0.1, 0.15) is 24.2 Å². The molecule has 0 spiro atoms. The number of benzene rings is 1. The average molecular weight is 293 g/mol. The van der Waals surface area contributed by atoms with Gasteiger partial charge in [0.15, 0.2) is 0 Å². The van der Waals surface area contributed by atoms with Crippen molar-refractivity contribution in [2.75, 3.05) is 31.6 Å². The lowest BCUT2D eigenvalue weighted by Crippen LogP contribution is -2.47. The monoisotopic (exact) mass is 293 g/mol. The first kappa shape index (κ1) is 15.2. The lowest BCUT2D eigenvalue weighted by Gasteiger charge is -2.33. The minimum Gasteiger partial charge on any atom is -0.379 e. The minimum atomic E-state index is -0.475. The van der Waals surface area contributed by atoms with Crippen LogP contribution >= 0.6 is 0 Å². The molecule has 0 saturated carbocycles. The van der Waals surface area contributed by atoms with E-state index >= 15 is 0 Å². The van der Waals surface area contributed by atoms with Crippen molar-refractivity contribution in [2.45, 2.75) is 19.9 Å². The SMILES string of the molecule is CCNc1c(C(=O)N2CCOCC2C)cccc1[N+](=O)[O-]. The highest BCUT2D eigenvalue weighted by Gasteiger charge is 2.29. The number of morpholine rings is 1. The number of carbonyl (C=O) groups excluding carboxylic acids is 1. The number of nitrogens with zero attached hydrogens (tertiary/aromatic N) is 2. The van der Waals surface area contributed by atoms with Gasteiger partial charge in [-0.1, -0.05) is 6.07 Å². The Bertz CT molecular complexity index is 547. The second-order valence-corrected chi connectivity index (χ2v) is 4.91. The number of hydrogen-bond acceptors (Lipinski definition) is 5. The zero-order valence-electron chi connectivity index (χ0n) is 12.2. The molecular formula is C14H19N3O4. The molecule has 1 aliphatic heterocycles. The quantitative estimate of drug-likeness (QED) is 0.677. The number of ether oxygens (including phenoxy) is 1. The zero-order valence-corrected chi connectivity index (χ0v) is 12.2. The van der Waals surface area contributed by atoms with Crippen molar-refractivity contribution in [2.24, 2.45) is 0 Å². The van der Waals surface area contributed by atoms with Crippen molar-refractivity contribution in [3.8, 4) is 0 Å². The molecule has 0 aliphatic carbocycles. The molecule has 1 heterocycles. The van der Waals surface area contributed by atoms with Crippen LogP contribution in [0.15, 0.2) is 18.2 Å². The highest BCUT2D eigenvalue weighted by atomic mass is 16.6. The molecule has 7 heteroatoms. The van der Waals surface area contributed by atoms with E-state index in [2.05, 4.69) is 5.32 Å². The Hall–Kier alpha value is -2.15. The molecule has 0 aromatic heterocycles. The molecule has 0 bridgehead atoms. The molecule has 1 unspecified atom stereocenters. The van der Waals surface area contributed by atoms with E-state index in [0.717, 1.165) is 0 Å². The Morgan fingerprint density at radius 1 is 1.57 bits per heavy atom. The molecule has 21 heavy (non-hydrogen) atoms. The van der Waals surface area contributed by atoms with E-state index in [1.165, 1.54) is 12.1 Å². The normalized spacial score (nSPS) is 18.4. The summed E-state index contributed by atoms with van der Waals surface area (Å²) in [5.74, 6) is -0.203. The maximum atomic E-state index is 12.7. The summed E-state index contributed by atoms with van der Waals surface area (Å²) in [5.41, 5.74) is 0.539. The summed E-state index contributed by atoms with van der Waals surface area (Å²) >= 11 is 0. The van der Waals surface area contributed by atoms with Crippen LogP contribution in [0.5, 0.6) is 0 Å². The van der Waals surface area contributed by atoms with E-state index in [-0.39, 0.29) is 23.3 Å². The van der Waals surface area contributed by atoms with Gasteiger partial charge in [0.1, 0.15) is 5.69 Å².